The van der Waals surface area contributed by atoms with Gasteiger partial charge in [-0.15, -0.1) is 0 Å². The summed E-state index contributed by atoms with van der Waals surface area (Å²) in [7, 11) is 6.72. The Hall–Kier alpha value is -1.99. The molecule has 1 aromatic rings. The highest BCUT2D eigenvalue weighted by Gasteiger charge is 2.35. The highest BCUT2D eigenvalue weighted by atomic mass is 32.2. The fourth-order valence-electron chi connectivity index (χ4n) is 2.00. The molecule has 0 radical (unpaired) electrons. The first-order valence-electron chi connectivity index (χ1n) is 6.58. The van der Waals surface area contributed by atoms with E-state index < -0.39 is 0 Å². The summed E-state index contributed by atoms with van der Waals surface area (Å²) in [6.07, 6.45) is 1.68. The van der Waals surface area contributed by atoms with Gasteiger partial charge in [-0.3, -0.25) is 19.4 Å². The number of nitrogens with zero attached hydrogens (tertiary/aromatic N) is 2. The van der Waals surface area contributed by atoms with Gasteiger partial charge in [-0.25, -0.2) is 0 Å². The van der Waals surface area contributed by atoms with Gasteiger partial charge in [0.25, 0.3) is 11.1 Å². The first kappa shape index (κ1) is 16.4. The van der Waals surface area contributed by atoms with Crippen LogP contribution in [-0.4, -0.2) is 55.9 Å². The molecule has 0 bridgehead atoms. The van der Waals surface area contributed by atoms with Crippen LogP contribution < -0.4 is 9.47 Å². The van der Waals surface area contributed by atoms with Gasteiger partial charge in [0.05, 0.1) is 25.8 Å². The predicted molar refractivity (Wildman–Crippen MR) is 85.9 cm³/mol. The molecule has 2 amide bonds. The Morgan fingerprint density at radius 2 is 1.86 bits per heavy atom. The zero-order chi connectivity index (χ0) is 16.3. The van der Waals surface area contributed by atoms with E-state index in [-0.39, 0.29) is 17.8 Å². The lowest BCUT2D eigenvalue weighted by molar-refractivity contribution is -0.123. The van der Waals surface area contributed by atoms with E-state index in [2.05, 4.69) is 0 Å². The number of amides is 2. The smallest absolute Gasteiger partial charge is 0.294 e. The average molecular weight is 322 g/mol. The van der Waals surface area contributed by atoms with Crippen LogP contribution in [0.2, 0.25) is 0 Å². The van der Waals surface area contributed by atoms with E-state index in [4.69, 9.17) is 9.47 Å². The number of hydrogen-bond donors (Lipinski definition) is 0. The van der Waals surface area contributed by atoms with Crippen LogP contribution in [0, 0.1) is 0 Å². The van der Waals surface area contributed by atoms with Crippen molar-refractivity contribution < 1.29 is 19.1 Å². The van der Waals surface area contributed by atoms with Crippen molar-refractivity contribution in [3.8, 4) is 11.5 Å². The van der Waals surface area contributed by atoms with Crippen LogP contribution in [0.1, 0.15) is 5.56 Å². The van der Waals surface area contributed by atoms with E-state index >= 15 is 0 Å². The Morgan fingerprint density at radius 1 is 1.18 bits per heavy atom. The molecule has 0 aliphatic carbocycles. The minimum atomic E-state index is -0.279. The van der Waals surface area contributed by atoms with Crippen LogP contribution in [0.5, 0.6) is 11.5 Å². The second kappa shape index (κ2) is 6.85. The minimum Gasteiger partial charge on any atom is -0.493 e. The molecule has 0 aromatic heterocycles. The van der Waals surface area contributed by atoms with Gasteiger partial charge in [0.2, 0.25) is 0 Å². The highest BCUT2D eigenvalue weighted by Crippen LogP contribution is 2.34. The van der Waals surface area contributed by atoms with Crippen molar-refractivity contribution in [1.29, 1.82) is 0 Å². The molecular formula is C15H18N2O4S. The van der Waals surface area contributed by atoms with E-state index in [9.17, 15) is 9.59 Å². The maximum absolute atomic E-state index is 12.3. The molecule has 6 nitrogen and oxygen atoms in total. The number of benzene rings is 1. The predicted octanol–water partition coefficient (Wildman–Crippen LogP) is 2.26. The number of carbonyl (C=O) groups excluding carboxylic acids is 2. The fourth-order valence-corrected chi connectivity index (χ4v) is 2.83. The third kappa shape index (κ3) is 3.42. The summed E-state index contributed by atoms with van der Waals surface area (Å²) >= 11 is 0.942. The van der Waals surface area contributed by atoms with Crippen molar-refractivity contribution in [3.63, 3.8) is 0 Å². The number of methoxy groups -OCH3 is 2. The first-order valence-corrected chi connectivity index (χ1v) is 7.40. The summed E-state index contributed by atoms with van der Waals surface area (Å²) in [6, 6.07) is 5.33. The SMILES string of the molecule is COc1ccc(C=C2SC(=O)N(CN(C)C)C2=O)cc1OC. The van der Waals surface area contributed by atoms with Crippen molar-refractivity contribution in [3.05, 3.63) is 28.7 Å². The van der Waals surface area contributed by atoms with Crippen molar-refractivity contribution >= 4 is 29.0 Å². The lowest BCUT2D eigenvalue weighted by atomic mass is 10.2. The zero-order valence-electron chi connectivity index (χ0n) is 13.0. The minimum absolute atomic E-state index is 0.259. The van der Waals surface area contributed by atoms with E-state index in [0.29, 0.717) is 16.4 Å². The summed E-state index contributed by atoms with van der Waals surface area (Å²) in [6.45, 7) is 0.272. The summed E-state index contributed by atoms with van der Waals surface area (Å²) in [5, 5.41) is -0.259. The fraction of sp³-hybridized carbons (Fsp3) is 0.333. The van der Waals surface area contributed by atoms with Gasteiger partial charge in [-0.1, -0.05) is 6.07 Å². The van der Waals surface area contributed by atoms with E-state index in [1.807, 2.05) is 0 Å². The molecule has 7 heteroatoms. The molecule has 1 aromatic carbocycles. The number of hydrogen-bond acceptors (Lipinski definition) is 6. The summed E-state index contributed by atoms with van der Waals surface area (Å²) in [5.74, 6) is 0.905. The third-order valence-electron chi connectivity index (χ3n) is 3.00. The number of thioether (sulfide) groups is 1. The first-order chi connectivity index (χ1) is 10.5. The maximum atomic E-state index is 12.3. The molecule has 2 rings (SSSR count). The lowest BCUT2D eigenvalue weighted by Gasteiger charge is -2.17. The maximum Gasteiger partial charge on any atom is 0.294 e. The van der Waals surface area contributed by atoms with Gasteiger partial charge >= 0.3 is 0 Å². The second-order valence-electron chi connectivity index (χ2n) is 4.95. The number of ether oxygens (including phenoxy) is 2. The number of rotatable bonds is 5. The molecule has 118 valence electrons. The monoisotopic (exact) mass is 322 g/mol. The van der Waals surface area contributed by atoms with Gasteiger partial charge in [0.1, 0.15) is 0 Å². The molecule has 1 aliphatic rings. The second-order valence-corrected chi connectivity index (χ2v) is 5.94. The normalized spacial score (nSPS) is 16.8. The topological polar surface area (TPSA) is 59.1 Å². The molecule has 1 saturated heterocycles. The molecule has 0 atom stereocenters. The van der Waals surface area contributed by atoms with Crippen LogP contribution in [0.3, 0.4) is 0 Å². The van der Waals surface area contributed by atoms with Gasteiger partial charge in [0.15, 0.2) is 11.5 Å². The van der Waals surface area contributed by atoms with E-state index in [1.54, 1.807) is 57.5 Å². The molecule has 0 saturated carbocycles. The molecule has 0 unspecified atom stereocenters. The van der Waals surface area contributed by atoms with Crippen LogP contribution in [0.25, 0.3) is 6.08 Å². The molecule has 0 N–H and O–H groups in total. The standard InChI is InChI=1S/C15H18N2O4S/c1-16(2)9-17-14(18)13(22-15(17)19)8-10-5-6-11(20-3)12(7-10)21-4/h5-8H,9H2,1-4H3. The third-order valence-corrected chi connectivity index (χ3v) is 3.91. The largest absolute Gasteiger partial charge is 0.493 e. The Labute approximate surface area is 133 Å². The summed E-state index contributed by atoms with van der Waals surface area (Å²) in [5.41, 5.74) is 0.771. The lowest BCUT2D eigenvalue weighted by Crippen LogP contribution is -2.36. The zero-order valence-corrected chi connectivity index (χ0v) is 13.8. The summed E-state index contributed by atoms with van der Waals surface area (Å²) < 4.78 is 10.4. The Bertz CT molecular complexity index is 628. The molecule has 1 fully saturated rings. The van der Waals surface area contributed by atoms with Gasteiger partial charge < -0.3 is 9.47 Å². The Kier molecular flexibility index (Phi) is 5.10. The van der Waals surface area contributed by atoms with Crippen molar-refractivity contribution in [1.82, 2.24) is 9.80 Å². The molecule has 22 heavy (non-hydrogen) atoms. The molecular weight excluding hydrogens is 304 g/mol. The Morgan fingerprint density at radius 3 is 2.45 bits per heavy atom. The van der Waals surface area contributed by atoms with Crippen LogP contribution in [-0.2, 0) is 4.79 Å². The van der Waals surface area contributed by atoms with Gasteiger partial charge in [-0.2, -0.15) is 0 Å². The molecule has 0 spiro atoms. The van der Waals surface area contributed by atoms with Crippen molar-refractivity contribution in [2.75, 3.05) is 35.0 Å². The van der Waals surface area contributed by atoms with Crippen LogP contribution >= 0.6 is 11.8 Å². The highest BCUT2D eigenvalue weighted by molar-refractivity contribution is 8.18. The quantitative estimate of drug-likeness (QED) is 0.775. The van der Waals surface area contributed by atoms with E-state index in [1.165, 1.54) is 4.90 Å². The number of imide groups is 1. The molecule has 1 heterocycles. The van der Waals surface area contributed by atoms with Gasteiger partial charge in [-0.05, 0) is 49.6 Å². The average Bonchev–Trinajstić information content (AvgIpc) is 2.74. The summed E-state index contributed by atoms with van der Waals surface area (Å²) in [4.78, 5) is 27.6. The van der Waals surface area contributed by atoms with E-state index in [0.717, 1.165) is 17.3 Å². The van der Waals surface area contributed by atoms with Gasteiger partial charge in [0, 0.05) is 0 Å². The molecule has 1 aliphatic heterocycles. The number of carbonyl (C=O) groups is 2. The Balaban J connectivity index is 2.27. The van der Waals surface area contributed by atoms with Crippen molar-refractivity contribution in [2.45, 2.75) is 0 Å². The van der Waals surface area contributed by atoms with Crippen LogP contribution in [0.4, 0.5) is 4.79 Å². The van der Waals surface area contributed by atoms with Crippen LogP contribution in [0.15, 0.2) is 23.1 Å². The van der Waals surface area contributed by atoms with Crippen molar-refractivity contribution in [2.24, 2.45) is 0 Å².